The van der Waals surface area contributed by atoms with E-state index in [1.54, 1.807) is 16.8 Å². The molecule has 1 aromatic carbocycles. The van der Waals surface area contributed by atoms with Crippen LogP contribution in [-0.2, 0) is 0 Å². The second-order valence-electron chi connectivity index (χ2n) is 3.67. The zero-order valence-electron chi connectivity index (χ0n) is 9.10. The van der Waals surface area contributed by atoms with Gasteiger partial charge < -0.3 is 16.2 Å². The zero-order valence-corrected chi connectivity index (χ0v) is 9.92. The SMILES string of the molecule is CCC(O)CNc1ccc2scnc2c1N. The highest BCUT2D eigenvalue weighted by atomic mass is 32.1. The Kier molecular flexibility index (Phi) is 3.26. The molecule has 0 bridgehead atoms. The predicted octanol–water partition coefficient (Wildman–Crippen LogP) is 2.06. The molecule has 0 saturated heterocycles. The summed E-state index contributed by atoms with van der Waals surface area (Å²) in [5.74, 6) is 0. The van der Waals surface area contributed by atoms with Crippen molar-refractivity contribution in [3.05, 3.63) is 17.6 Å². The topological polar surface area (TPSA) is 71.2 Å². The molecule has 1 aromatic heterocycles. The van der Waals surface area contributed by atoms with E-state index in [-0.39, 0.29) is 6.10 Å². The highest BCUT2D eigenvalue weighted by molar-refractivity contribution is 7.16. The number of nitrogens with zero attached hydrogens (tertiary/aromatic N) is 1. The van der Waals surface area contributed by atoms with Gasteiger partial charge in [0.1, 0.15) is 5.52 Å². The summed E-state index contributed by atoms with van der Waals surface area (Å²) in [5.41, 5.74) is 10.1. The monoisotopic (exact) mass is 237 g/mol. The summed E-state index contributed by atoms with van der Waals surface area (Å²) in [4.78, 5) is 4.22. The highest BCUT2D eigenvalue weighted by Crippen LogP contribution is 2.29. The summed E-state index contributed by atoms with van der Waals surface area (Å²) in [6, 6.07) is 3.92. The van der Waals surface area contributed by atoms with Crippen LogP contribution in [-0.4, -0.2) is 22.7 Å². The second-order valence-corrected chi connectivity index (χ2v) is 4.56. The third-order valence-electron chi connectivity index (χ3n) is 2.54. The number of aliphatic hydroxyl groups is 1. The van der Waals surface area contributed by atoms with E-state index < -0.39 is 0 Å². The van der Waals surface area contributed by atoms with Crippen molar-refractivity contribution in [2.24, 2.45) is 0 Å². The number of fused-ring (bicyclic) bond motifs is 1. The van der Waals surface area contributed by atoms with Crippen molar-refractivity contribution in [1.29, 1.82) is 0 Å². The number of hydrogen-bond acceptors (Lipinski definition) is 5. The molecule has 5 heteroatoms. The molecule has 0 amide bonds. The second kappa shape index (κ2) is 4.67. The smallest absolute Gasteiger partial charge is 0.106 e. The van der Waals surface area contributed by atoms with Gasteiger partial charge in [-0.15, -0.1) is 11.3 Å². The lowest BCUT2D eigenvalue weighted by atomic mass is 10.2. The van der Waals surface area contributed by atoms with Crippen molar-refractivity contribution < 1.29 is 5.11 Å². The number of hydrogen-bond donors (Lipinski definition) is 3. The molecule has 0 aliphatic rings. The molecule has 0 radical (unpaired) electrons. The first kappa shape index (κ1) is 11.2. The Hall–Kier alpha value is -1.33. The molecule has 2 aromatic rings. The lowest BCUT2D eigenvalue weighted by molar-refractivity contribution is 0.183. The number of thiazole rings is 1. The summed E-state index contributed by atoms with van der Waals surface area (Å²) < 4.78 is 1.08. The fraction of sp³-hybridized carbons (Fsp3) is 0.364. The number of aromatic nitrogens is 1. The third-order valence-corrected chi connectivity index (χ3v) is 3.34. The van der Waals surface area contributed by atoms with Gasteiger partial charge in [-0.05, 0) is 18.6 Å². The van der Waals surface area contributed by atoms with E-state index in [2.05, 4.69) is 10.3 Å². The van der Waals surface area contributed by atoms with Crippen molar-refractivity contribution in [2.45, 2.75) is 19.4 Å². The van der Waals surface area contributed by atoms with Crippen LogP contribution in [0.4, 0.5) is 11.4 Å². The normalized spacial score (nSPS) is 12.9. The Morgan fingerprint density at radius 3 is 3.12 bits per heavy atom. The first-order chi connectivity index (χ1) is 7.72. The molecule has 0 aliphatic heterocycles. The molecule has 1 atom stereocenters. The first-order valence-corrected chi connectivity index (χ1v) is 6.14. The number of nitrogens with one attached hydrogen (secondary N) is 1. The van der Waals surface area contributed by atoms with E-state index in [9.17, 15) is 5.11 Å². The van der Waals surface area contributed by atoms with E-state index in [0.29, 0.717) is 12.2 Å². The average molecular weight is 237 g/mol. The molecule has 1 heterocycles. The van der Waals surface area contributed by atoms with Gasteiger partial charge in [0.25, 0.3) is 0 Å². The van der Waals surface area contributed by atoms with Gasteiger partial charge in [0.05, 0.1) is 27.7 Å². The van der Waals surface area contributed by atoms with E-state index in [1.807, 2.05) is 19.1 Å². The van der Waals surface area contributed by atoms with Crippen LogP contribution in [0.15, 0.2) is 17.6 Å². The molecule has 1 unspecified atom stereocenters. The molecular formula is C11H15N3OS. The first-order valence-electron chi connectivity index (χ1n) is 5.26. The Morgan fingerprint density at radius 2 is 2.38 bits per heavy atom. The van der Waals surface area contributed by atoms with Gasteiger partial charge in [-0.25, -0.2) is 4.98 Å². The number of rotatable bonds is 4. The highest BCUT2D eigenvalue weighted by Gasteiger charge is 2.07. The minimum Gasteiger partial charge on any atom is -0.395 e. The predicted molar refractivity (Wildman–Crippen MR) is 68.8 cm³/mol. The fourth-order valence-corrected chi connectivity index (χ4v) is 2.17. The van der Waals surface area contributed by atoms with Gasteiger partial charge in [-0.3, -0.25) is 0 Å². The molecular weight excluding hydrogens is 222 g/mol. The molecule has 86 valence electrons. The van der Waals surface area contributed by atoms with Gasteiger partial charge in [0, 0.05) is 6.54 Å². The summed E-state index contributed by atoms with van der Waals surface area (Å²) in [6.07, 6.45) is 0.386. The van der Waals surface area contributed by atoms with Crippen molar-refractivity contribution in [2.75, 3.05) is 17.6 Å². The lowest BCUT2D eigenvalue weighted by Crippen LogP contribution is -2.18. The maximum Gasteiger partial charge on any atom is 0.106 e. The molecule has 4 nitrogen and oxygen atoms in total. The summed E-state index contributed by atoms with van der Waals surface area (Å²) in [5, 5.41) is 12.6. The Labute approximate surface area is 98.1 Å². The van der Waals surface area contributed by atoms with Gasteiger partial charge in [-0.1, -0.05) is 6.92 Å². The average Bonchev–Trinajstić information content (AvgIpc) is 2.76. The van der Waals surface area contributed by atoms with Gasteiger partial charge in [0.2, 0.25) is 0 Å². The van der Waals surface area contributed by atoms with Gasteiger partial charge >= 0.3 is 0 Å². The molecule has 0 aliphatic carbocycles. The van der Waals surface area contributed by atoms with Crippen LogP contribution in [0.25, 0.3) is 10.2 Å². The van der Waals surface area contributed by atoms with Crippen LogP contribution in [0, 0.1) is 0 Å². The van der Waals surface area contributed by atoms with Gasteiger partial charge in [0.15, 0.2) is 0 Å². The fourth-order valence-electron chi connectivity index (χ4n) is 1.48. The number of nitrogens with two attached hydrogens (primary N) is 1. The van der Waals surface area contributed by atoms with Crippen LogP contribution in [0.2, 0.25) is 0 Å². The third kappa shape index (κ3) is 2.10. The summed E-state index contributed by atoms with van der Waals surface area (Å²) in [7, 11) is 0. The Bertz CT molecular complexity index is 483. The minimum atomic E-state index is -0.342. The Balaban J connectivity index is 2.21. The molecule has 0 fully saturated rings. The molecule has 16 heavy (non-hydrogen) atoms. The van der Waals surface area contributed by atoms with Gasteiger partial charge in [-0.2, -0.15) is 0 Å². The van der Waals surface area contributed by atoms with Crippen molar-refractivity contribution in [3.8, 4) is 0 Å². The largest absolute Gasteiger partial charge is 0.395 e. The lowest BCUT2D eigenvalue weighted by Gasteiger charge is -2.12. The quantitative estimate of drug-likeness (QED) is 0.712. The minimum absolute atomic E-state index is 0.342. The maximum absolute atomic E-state index is 9.47. The standard InChI is InChI=1S/C11H15N3OS/c1-2-7(15)5-13-8-3-4-9-11(10(8)12)14-6-16-9/h3-4,6-7,13,15H,2,5,12H2,1H3. The number of anilines is 2. The van der Waals surface area contributed by atoms with Crippen molar-refractivity contribution in [3.63, 3.8) is 0 Å². The molecule has 2 rings (SSSR count). The zero-order chi connectivity index (χ0) is 11.5. The molecule has 4 N–H and O–H groups in total. The van der Waals surface area contributed by atoms with Crippen molar-refractivity contribution in [1.82, 2.24) is 4.98 Å². The number of aliphatic hydroxyl groups excluding tert-OH is 1. The van der Waals surface area contributed by atoms with E-state index in [0.717, 1.165) is 22.3 Å². The molecule has 0 saturated carbocycles. The maximum atomic E-state index is 9.47. The van der Waals surface area contributed by atoms with Crippen LogP contribution < -0.4 is 11.1 Å². The van der Waals surface area contributed by atoms with Crippen LogP contribution >= 0.6 is 11.3 Å². The number of benzene rings is 1. The van der Waals surface area contributed by atoms with Crippen LogP contribution in [0.5, 0.6) is 0 Å². The van der Waals surface area contributed by atoms with E-state index in [4.69, 9.17) is 5.73 Å². The summed E-state index contributed by atoms with van der Waals surface area (Å²) >= 11 is 1.57. The van der Waals surface area contributed by atoms with Crippen molar-refractivity contribution >= 4 is 32.9 Å². The van der Waals surface area contributed by atoms with E-state index in [1.165, 1.54) is 0 Å². The van der Waals surface area contributed by atoms with Crippen LogP contribution in [0.1, 0.15) is 13.3 Å². The number of nitrogen functional groups attached to an aromatic ring is 1. The summed E-state index contributed by atoms with van der Waals surface area (Å²) in [6.45, 7) is 2.45. The van der Waals surface area contributed by atoms with Crippen LogP contribution in [0.3, 0.4) is 0 Å². The Morgan fingerprint density at radius 1 is 1.56 bits per heavy atom. The molecule has 0 spiro atoms. The van der Waals surface area contributed by atoms with E-state index >= 15 is 0 Å².